The normalized spacial score (nSPS) is 14.7. The van der Waals surface area contributed by atoms with Crippen LogP contribution in [0.5, 0.6) is 0 Å². The van der Waals surface area contributed by atoms with Crippen LogP contribution in [0, 0.1) is 0 Å². The zero-order chi connectivity index (χ0) is 49.2. The number of nitrogens with zero attached hydrogens (tertiary/aromatic N) is 1. The predicted octanol–water partition coefficient (Wildman–Crippen LogP) is 16.5. The van der Waals surface area contributed by atoms with E-state index in [1.54, 1.807) is 12.2 Å². The molecule has 8 nitrogen and oxygen atoms in total. The molecule has 0 aliphatic rings. The number of quaternary nitrogens is 1. The van der Waals surface area contributed by atoms with Crippen molar-refractivity contribution in [2.45, 2.75) is 238 Å². The third-order valence-corrected chi connectivity index (χ3v) is 12.9. The van der Waals surface area contributed by atoms with Crippen LogP contribution in [0.1, 0.15) is 226 Å². The van der Waals surface area contributed by atoms with Crippen molar-refractivity contribution in [1.82, 2.24) is 5.32 Å². The first kappa shape index (κ1) is 64.7. The number of likely N-dealkylation sites (N-methyl/N-ethyl adjacent to an activating group) is 1. The molecule has 0 spiro atoms. The zero-order valence-electron chi connectivity index (χ0n) is 44.1. The molecular formula is C58H106N2O6P+. The van der Waals surface area contributed by atoms with Crippen LogP contribution in [0.25, 0.3) is 0 Å². The summed E-state index contributed by atoms with van der Waals surface area (Å²) < 4.78 is 23.6. The van der Waals surface area contributed by atoms with E-state index in [2.05, 4.69) is 79.9 Å². The summed E-state index contributed by atoms with van der Waals surface area (Å²) in [5.74, 6) is -0.315. The highest BCUT2D eigenvalue weighted by Gasteiger charge is 2.27. The number of allylic oxidation sites excluding steroid dienone is 12. The van der Waals surface area contributed by atoms with Crippen molar-refractivity contribution < 1.29 is 32.9 Å². The molecule has 0 aromatic rings. The van der Waals surface area contributed by atoms with Gasteiger partial charge in [-0.25, -0.2) is 4.57 Å². The van der Waals surface area contributed by atoms with E-state index in [9.17, 15) is 19.4 Å². The standard InChI is InChI=1S/C58H105N2O6P/c1-6-8-10-12-14-16-18-20-22-23-24-25-26-27-28-29-30-31-32-33-34-35-36-38-39-41-43-45-47-49-51-57(61)56(55-66-67(63,64)65-54-53-60(3,4)5)59-58(62)52-50-48-46-44-42-40-37-21-19-17-15-13-11-9-7-2/h9,11,15,17,21,37,41-44,48-51,56-57,61H,6-8,10,12-14,16,18-20,22-36,38-40,45-47,52-55H2,1-5H3,(H-,59,62,63,64)/p+1/b11-9-,17-15-,37-21-,43-41+,44-42-,50-48-,51-49+. The fraction of sp³-hybridized carbons (Fsp3) is 0.741. The Kier molecular flexibility index (Phi) is 47.0. The maximum absolute atomic E-state index is 12.8. The van der Waals surface area contributed by atoms with Crippen LogP contribution < -0.4 is 5.32 Å². The lowest BCUT2D eigenvalue weighted by atomic mass is 10.0. The second-order valence-electron chi connectivity index (χ2n) is 19.6. The zero-order valence-corrected chi connectivity index (χ0v) is 45.0. The summed E-state index contributed by atoms with van der Waals surface area (Å²) in [4.78, 5) is 23.1. The Hall–Kier alpha value is -2.32. The van der Waals surface area contributed by atoms with Crippen LogP contribution in [-0.4, -0.2) is 73.4 Å². The number of amides is 1. The van der Waals surface area contributed by atoms with Crippen molar-refractivity contribution in [1.29, 1.82) is 0 Å². The van der Waals surface area contributed by atoms with Gasteiger partial charge < -0.3 is 19.8 Å². The van der Waals surface area contributed by atoms with Gasteiger partial charge in [-0.05, 0) is 57.8 Å². The molecule has 3 unspecified atom stereocenters. The largest absolute Gasteiger partial charge is 0.472 e. The quantitative estimate of drug-likeness (QED) is 0.0243. The molecule has 0 radical (unpaired) electrons. The fourth-order valence-corrected chi connectivity index (χ4v) is 8.33. The Bertz CT molecular complexity index is 1360. The molecule has 0 saturated heterocycles. The van der Waals surface area contributed by atoms with Crippen LogP contribution in [0.4, 0.5) is 0 Å². The van der Waals surface area contributed by atoms with Crippen molar-refractivity contribution >= 4 is 13.7 Å². The molecule has 3 N–H and O–H groups in total. The van der Waals surface area contributed by atoms with E-state index in [1.165, 1.54) is 154 Å². The van der Waals surface area contributed by atoms with Gasteiger partial charge in [0.15, 0.2) is 0 Å². The number of carbonyl (C=O) groups excluding carboxylic acids is 1. The first-order valence-corrected chi connectivity index (χ1v) is 29.0. The Morgan fingerprint density at radius 1 is 0.522 bits per heavy atom. The molecule has 67 heavy (non-hydrogen) atoms. The molecule has 0 heterocycles. The summed E-state index contributed by atoms with van der Waals surface area (Å²) in [6.07, 6.45) is 68.8. The van der Waals surface area contributed by atoms with Gasteiger partial charge in [-0.1, -0.05) is 247 Å². The lowest BCUT2D eigenvalue weighted by Gasteiger charge is -2.25. The number of aliphatic hydroxyl groups is 1. The highest BCUT2D eigenvalue weighted by Crippen LogP contribution is 2.43. The number of carbonyl (C=O) groups is 1. The SMILES string of the molecule is CC/C=C\C/C=C\C/C=C\C/C=C\C/C=C\CC(=O)NC(COP(=O)(O)OCC[N+](C)(C)C)C(O)/C=C/CC/C=C/CCCCCCCCCCCCCCCCCCCCCCCCCC. The minimum atomic E-state index is -4.38. The molecule has 0 aromatic heterocycles. The van der Waals surface area contributed by atoms with Crippen LogP contribution in [-0.2, 0) is 18.4 Å². The first-order chi connectivity index (χ1) is 32.5. The topological polar surface area (TPSA) is 105 Å². The minimum Gasteiger partial charge on any atom is -0.387 e. The molecule has 0 rings (SSSR count). The molecule has 3 atom stereocenters. The summed E-state index contributed by atoms with van der Waals surface area (Å²) in [5, 5.41) is 13.8. The van der Waals surface area contributed by atoms with E-state index in [0.717, 1.165) is 44.9 Å². The number of phosphoric acid groups is 1. The van der Waals surface area contributed by atoms with Crippen molar-refractivity contribution in [2.24, 2.45) is 0 Å². The Balaban J connectivity index is 4.27. The molecule has 0 aliphatic heterocycles. The second kappa shape index (κ2) is 48.7. The first-order valence-electron chi connectivity index (χ1n) is 27.5. The van der Waals surface area contributed by atoms with E-state index in [4.69, 9.17) is 9.05 Å². The summed E-state index contributed by atoms with van der Waals surface area (Å²) in [6.45, 7) is 4.61. The summed E-state index contributed by atoms with van der Waals surface area (Å²) >= 11 is 0. The number of phosphoric ester groups is 1. The van der Waals surface area contributed by atoms with Crippen LogP contribution >= 0.6 is 7.82 Å². The highest BCUT2D eigenvalue weighted by atomic mass is 31.2. The van der Waals surface area contributed by atoms with Gasteiger partial charge >= 0.3 is 7.82 Å². The van der Waals surface area contributed by atoms with Crippen molar-refractivity contribution in [3.63, 3.8) is 0 Å². The number of hydrogen-bond donors (Lipinski definition) is 3. The Morgan fingerprint density at radius 3 is 1.34 bits per heavy atom. The molecule has 0 aromatic carbocycles. The summed E-state index contributed by atoms with van der Waals surface area (Å²) in [6, 6.07) is -0.923. The molecule has 0 saturated carbocycles. The second-order valence-corrected chi connectivity index (χ2v) is 21.0. The molecule has 1 amide bonds. The number of rotatable bonds is 49. The summed E-state index contributed by atoms with van der Waals surface area (Å²) in [5.41, 5.74) is 0. The number of hydrogen-bond acceptors (Lipinski definition) is 5. The number of unbranched alkanes of at least 4 members (excludes halogenated alkanes) is 25. The average molecular weight is 958 g/mol. The number of aliphatic hydroxyl groups excluding tert-OH is 1. The van der Waals surface area contributed by atoms with Crippen LogP contribution in [0.3, 0.4) is 0 Å². The third-order valence-electron chi connectivity index (χ3n) is 11.9. The van der Waals surface area contributed by atoms with Crippen molar-refractivity contribution in [2.75, 3.05) is 40.9 Å². The Labute approximate surface area is 414 Å². The van der Waals surface area contributed by atoms with Crippen LogP contribution in [0.15, 0.2) is 85.1 Å². The summed E-state index contributed by atoms with van der Waals surface area (Å²) in [7, 11) is 1.49. The van der Waals surface area contributed by atoms with Gasteiger partial charge in [-0.15, -0.1) is 0 Å². The van der Waals surface area contributed by atoms with E-state index in [-0.39, 0.29) is 25.5 Å². The lowest BCUT2D eigenvalue weighted by molar-refractivity contribution is -0.870. The fourth-order valence-electron chi connectivity index (χ4n) is 7.60. The highest BCUT2D eigenvalue weighted by molar-refractivity contribution is 7.47. The maximum Gasteiger partial charge on any atom is 0.472 e. The lowest BCUT2D eigenvalue weighted by Crippen LogP contribution is -2.45. The molecule has 0 bridgehead atoms. The van der Waals surface area contributed by atoms with E-state index < -0.39 is 20.0 Å². The van der Waals surface area contributed by atoms with Crippen LogP contribution in [0.2, 0.25) is 0 Å². The molecule has 0 fully saturated rings. The van der Waals surface area contributed by atoms with Gasteiger partial charge in [0.05, 0.1) is 39.9 Å². The molecule has 0 aliphatic carbocycles. The monoisotopic (exact) mass is 958 g/mol. The van der Waals surface area contributed by atoms with Gasteiger partial charge in [-0.2, -0.15) is 0 Å². The van der Waals surface area contributed by atoms with Gasteiger partial charge in [-0.3, -0.25) is 13.8 Å². The minimum absolute atomic E-state index is 0.0357. The molecule has 388 valence electrons. The smallest absolute Gasteiger partial charge is 0.387 e. The molecular weight excluding hydrogens is 852 g/mol. The van der Waals surface area contributed by atoms with E-state index in [1.807, 2.05) is 33.3 Å². The van der Waals surface area contributed by atoms with E-state index in [0.29, 0.717) is 17.4 Å². The Morgan fingerprint density at radius 2 is 0.910 bits per heavy atom. The third kappa shape index (κ3) is 51.4. The van der Waals surface area contributed by atoms with Crippen molar-refractivity contribution in [3.05, 3.63) is 85.1 Å². The van der Waals surface area contributed by atoms with Gasteiger partial charge in [0.1, 0.15) is 13.2 Å². The number of nitrogens with one attached hydrogen (secondary N) is 1. The average Bonchev–Trinajstić information content (AvgIpc) is 3.29. The van der Waals surface area contributed by atoms with Gasteiger partial charge in [0, 0.05) is 6.42 Å². The van der Waals surface area contributed by atoms with Crippen molar-refractivity contribution in [3.8, 4) is 0 Å². The maximum atomic E-state index is 12.8. The predicted molar refractivity (Wildman–Crippen MR) is 290 cm³/mol. The van der Waals surface area contributed by atoms with Gasteiger partial charge in [0.2, 0.25) is 5.91 Å². The van der Waals surface area contributed by atoms with E-state index >= 15 is 0 Å². The molecule has 9 heteroatoms. The van der Waals surface area contributed by atoms with Gasteiger partial charge in [0.25, 0.3) is 0 Å².